The van der Waals surface area contributed by atoms with Crippen LogP contribution < -0.4 is 10.5 Å². The Bertz CT molecular complexity index is 1180. The first-order chi connectivity index (χ1) is 15.1. The van der Waals surface area contributed by atoms with Gasteiger partial charge in [0.1, 0.15) is 0 Å². The first kappa shape index (κ1) is 21.7. The summed E-state index contributed by atoms with van der Waals surface area (Å²) in [7, 11) is 0. The highest BCUT2D eigenvalue weighted by Crippen LogP contribution is 2.33. The van der Waals surface area contributed by atoms with Crippen molar-refractivity contribution in [3.05, 3.63) is 94.0 Å². The van der Waals surface area contributed by atoms with Crippen molar-refractivity contribution in [2.24, 2.45) is 10.7 Å². The molecule has 4 aromatic rings. The summed E-state index contributed by atoms with van der Waals surface area (Å²) in [5, 5.41) is 3.40. The van der Waals surface area contributed by atoms with Crippen molar-refractivity contribution in [1.82, 2.24) is 9.71 Å². The maximum Gasteiger partial charge on any atom is 0.199 e. The SMILES string of the molecule is NC(=NCc1cc(-c2ccc(Cl)cc2)c(-c2ccc(Cl)cc2)cn1)NSc1cccs1. The van der Waals surface area contributed by atoms with Gasteiger partial charge in [0.25, 0.3) is 0 Å². The summed E-state index contributed by atoms with van der Waals surface area (Å²) in [5.41, 5.74) is 10.9. The standard InChI is InChI=1S/C23H18Cl2N4S2/c24-17-7-3-15(4-8-17)20-12-19(13-28-23(26)29-31-22-2-1-11-30-22)27-14-21(20)16-5-9-18(25)10-6-16/h1-12,14H,13H2,(H3,26,28,29). The van der Waals surface area contributed by atoms with Crippen LogP contribution in [-0.4, -0.2) is 10.9 Å². The van der Waals surface area contributed by atoms with Crippen LogP contribution in [0.4, 0.5) is 0 Å². The van der Waals surface area contributed by atoms with Crippen molar-refractivity contribution in [2.45, 2.75) is 10.8 Å². The average Bonchev–Trinajstić information content (AvgIpc) is 3.31. The molecule has 8 heteroatoms. The zero-order chi connectivity index (χ0) is 21.6. The van der Waals surface area contributed by atoms with E-state index in [1.165, 1.54) is 11.9 Å². The average molecular weight is 485 g/mol. The van der Waals surface area contributed by atoms with Crippen molar-refractivity contribution in [3.63, 3.8) is 0 Å². The van der Waals surface area contributed by atoms with E-state index in [4.69, 9.17) is 28.9 Å². The van der Waals surface area contributed by atoms with Crippen LogP contribution in [0.1, 0.15) is 5.69 Å². The lowest BCUT2D eigenvalue weighted by Crippen LogP contribution is -2.25. The highest BCUT2D eigenvalue weighted by molar-refractivity contribution is 7.99. The molecular weight excluding hydrogens is 467 g/mol. The van der Waals surface area contributed by atoms with Crippen LogP contribution in [0.25, 0.3) is 22.3 Å². The number of pyridine rings is 1. The highest BCUT2D eigenvalue weighted by atomic mass is 35.5. The van der Waals surface area contributed by atoms with Crippen molar-refractivity contribution >= 4 is 52.4 Å². The number of thiophene rings is 1. The largest absolute Gasteiger partial charge is 0.369 e. The van der Waals surface area contributed by atoms with Crippen LogP contribution in [0.2, 0.25) is 10.0 Å². The van der Waals surface area contributed by atoms with Crippen LogP contribution in [0.3, 0.4) is 0 Å². The predicted molar refractivity (Wildman–Crippen MR) is 134 cm³/mol. The number of nitrogens with two attached hydrogens (primary N) is 1. The summed E-state index contributed by atoms with van der Waals surface area (Å²) in [5.74, 6) is 0.357. The number of hydrogen-bond acceptors (Lipinski definition) is 4. The smallest absolute Gasteiger partial charge is 0.199 e. The van der Waals surface area contributed by atoms with Gasteiger partial charge in [-0.1, -0.05) is 53.5 Å². The lowest BCUT2D eigenvalue weighted by Gasteiger charge is -2.12. The summed E-state index contributed by atoms with van der Waals surface area (Å²) in [6.07, 6.45) is 1.86. The topological polar surface area (TPSA) is 63.3 Å². The van der Waals surface area contributed by atoms with Gasteiger partial charge in [-0.15, -0.1) is 11.3 Å². The second kappa shape index (κ2) is 10.2. The van der Waals surface area contributed by atoms with Crippen molar-refractivity contribution < 1.29 is 0 Å². The molecule has 0 amide bonds. The molecule has 4 nitrogen and oxygen atoms in total. The Balaban J connectivity index is 1.60. The van der Waals surface area contributed by atoms with Crippen LogP contribution in [0.15, 0.2) is 87.5 Å². The minimum Gasteiger partial charge on any atom is -0.369 e. The lowest BCUT2D eigenvalue weighted by molar-refractivity contribution is 0.980. The minimum atomic E-state index is 0.357. The third-order valence-corrected chi connectivity index (χ3v) is 6.79. The Morgan fingerprint density at radius 3 is 2.23 bits per heavy atom. The number of nitrogens with one attached hydrogen (secondary N) is 1. The molecule has 2 aromatic heterocycles. The number of aromatic nitrogens is 1. The van der Waals surface area contributed by atoms with E-state index in [0.717, 1.165) is 32.2 Å². The second-order valence-corrected chi connectivity index (χ2v) is 9.50. The summed E-state index contributed by atoms with van der Waals surface area (Å²) in [4.78, 5) is 9.03. The van der Waals surface area contributed by atoms with E-state index in [-0.39, 0.29) is 0 Å². The fourth-order valence-corrected chi connectivity index (χ4v) is 4.54. The van der Waals surface area contributed by atoms with E-state index in [1.807, 2.05) is 78.3 Å². The number of guanidine groups is 1. The number of aliphatic imine (C=N–C) groups is 1. The fraction of sp³-hybridized carbons (Fsp3) is 0.0435. The van der Waals surface area contributed by atoms with Gasteiger partial charge in [-0.05, 0) is 70.4 Å². The van der Waals surface area contributed by atoms with Crippen molar-refractivity contribution in [3.8, 4) is 22.3 Å². The third kappa shape index (κ3) is 5.80. The molecule has 2 aromatic carbocycles. The molecule has 2 heterocycles. The van der Waals surface area contributed by atoms with Gasteiger partial charge >= 0.3 is 0 Å². The number of hydrogen-bond donors (Lipinski definition) is 2. The predicted octanol–water partition coefficient (Wildman–Crippen LogP) is 6.90. The molecule has 0 unspecified atom stereocenters. The molecule has 0 saturated carbocycles. The lowest BCUT2D eigenvalue weighted by atomic mass is 9.95. The highest BCUT2D eigenvalue weighted by Gasteiger charge is 2.10. The molecule has 0 fully saturated rings. The molecule has 0 aliphatic heterocycles. The Morgan fingerprint density at radius 1 is 0.968 bits per heavy atom. The molecule has 156 valence electrons. The molecule has 0 atom stereocenters. The maximum absolute atomic E-state index is 6.09. The van der Waals surface area contributed by atoms with E-state index in [0.29, 0.717) is 22.5 Å². The molecule has 3 N–H and O–H groups in total. The zero-order valence-corrected chi connectivity index (χ0v) is 19.4. The van der Waals surface area contributed by atoms with Crippen LogP contribution in [0.5, 0.6) is 0 Å². The molecule has 0 saturated heterocycles. The Kier molecular flexibility index (Phi) is 7.14. The normalized spacial score (nSPS) is 11.5. The van der Waals surface area contributed by atoms with Gasteiger partial charge < -0.3 is 5.73 Å². The minimum absolute atomic E-state index is 0.357. The van der Waals surface area contributed by atoms with E-state index in [1.54, 1.807) is 11.3 Å². The molecule has 0 bridgehead atoms. The summed E-state index contributed by atoms with van der Waals surface area (Å²) in [6.45, 7) is 0.366. The number of nitrogens with zero attached hydrogens (tertiary/aromatic N) is 2. The quantitative estimate of drug-likeness (QED) is 0.177. The van der Waals surface area contributed by atoms with Gasteiger partial charge in [0.2, 0.25) is 0 Å². The summed E-state index contributed by atoms with van der Waals surface area (Å²) < 4.78 is 4.17. The maximum atomic E-state index is 6.09. The van der Waals surface area contributed by atoms with Crippen LogP contribution in [-0.2, 0) is 6.54 Å². The second-order valence-electron chi connectivity index (χ2n) is 6.57. The molecule has 31 heavy (non-hydrogen) atoms. The van der Waals surface area contributed by atoms with E-state index < -0.39 is 0 Å². The number of halogens is 2. The van der Waals surface area contributed by atoms with Gasteiger partial charge in [-0.25, -0.2) is 4.99 Å². The third-order valence-electron chi connectivity index (χ3n) is 4.43. The Hall–Kier alpha value is -2.51. The molecule has 0 radical (unpaired) electrons. The summed E-state index contributed by atoms with van der Waals surface area (Å²) in [6, 6.07) is 21.5. The first-order valence-electron chi connectivity index (χ1n) is 9.35. The van der Waals surface area contributed by atoms with Crippen molar-refractivity contribution in [2.75, 3.05) is 0 Å². The van der Waals surface area contributed by atoms with E-state index in [9.17, 15) is 0 Å². The fourth-order valence-electron chi connectivity index (χ4n) is 2.94. The van der Waals surface area contributed by atoms with Gasteiger partial charge in [0.15, 0.2) is 5.96 Å². The van der Waals surface area contributed by atoms with Crippen LogP contribution >= 0.6 is 46.5 Å². The summed E-state index contributed by atoms with van der Waals surface area (Å²) >= 11 is 15.2. The van der Waals surface area contributed by atoms with Gasteiger partial charge in [0, 0.05) is 21.8 Å². The zero-order valence-electron chi connectivity index (χ0n) is 16.3. The molecule has 0 aliphatic rings. The Morgan fingerprint density at radius 2 is 1.61 bits per heavy atom. The molecule has 0 spiro atoms. The van der Waals surface area contributed by atoms with Gasteiger partial charge in [-0.3, -0.25) is 9.71 Å². The number of rotatable bonds is 6. The molecular formula is C23H18Cl2N4S2. The first-order valence-corrected chi connectivity index (χ1v) is 11.8. The molecule has 4 rings (SSSR count). The Labute approximate surface area is 199 Å². The van der Waals surface area contributed by atoms with E-state index in [2.05, 4.69) is 14.7 Å². The molecule has 0 aliphatic carbocycles. The number of benzene rings is 2. The van der Waals surface area contributed by atoms with Crippen LogP contribution in [0, 0.1) is 0 Å². The van der Waals surface area contributed by atoms with E-state index >= 15 is 0 Å². The van der Waals surface area contributed by atoms with Gasteiger partial charge in [0.05, 0.1) is 16.4 Å². The monoisotopic (exact) mass is 484 g/mol. The van der Waals surface area contributed by atoms with Gasteiger partial charge in [-0.2, -0.15) is 0 Å². The van der Waals surface area contributed by atoms with Crippen molar-refractivity contribution in [1.29, 1.82) is 0 Å².